The van der Waals surface area contributed by atoms with E-state index >= 15 is 0 Å². The van der Waals surface area contributed by atoms with E-state index in [0.717, 1.165) is 0 Å². The number of ketones is 1. The summed E-state index contributed by atoms with van der Waals surface area (Å²) in [6.07, 6.45) is 1.61. The van der Waals surface area contributed by atoms with E-state index in [4.69, 9.17) is 5.73 Å². The number of nitrogens with zero attached hydrogens (tertiary/aromatic N) is 2. The molecule has 0 saturated carbocycles. The zero-order valence-corrected chi connectivity index (χ0v) is 9.21. The summed E-state index contributed by atoms with van der Waals surface area (Å²) in [6.45, 7) is 4.26. The van der Waals surface area contributed by atoms with E-state index in [1.165, 1.54) is 0 Å². The summed E-state index contributed by atoms with van der Waals surface area (Å²) in [6, 6.07) is -0.488. The van der Waals surface area contributed by atoms with Crippen molar-refractivity contribution in [2.75, 3.05) is 0 Å². The van der Waals surface area contributed by atoms with Gasteiger partial charge in [-0.3, -0.25) is 9.48 Å². The number of carbonyl (C=O) groups excluding carboxylic acids is 1. The van der Waals surface area contributed by atoms with Gasteiger partial charge in [-0.2, -0.15) is 5.10 Å². The summed E-state index contributed by atoms with van der Waals surface area (Å²) in [7, 11) is 0. The van der Waals surface area contributed by atoms with Gasteiger partial charge in [0.2, 0.25) is 0 Å². The molecule has 1 rings (SSSR count). The van der Waals surface area contributed by atoms with Gasteiger partial charge >= 0.3 is 0 Å². The van der Waals surface area contributed by atoms with Gasteiger partial charge in [-0.05, 0) is 29.8 Å². The highest BCUT2D eigenvalue weighted by Gasteiger charge is 2.19. The molecule has 2 N–H and O–H groups in total. The van der Waals surface area contributed by atoms with Gasteiger partial charge in [0.05, 0.1) is 16.7 Å². The molecule has 0 radical (unpaired) electrons. The highest BCUT2D eigenvalue weighted by atomic mass is 79.9. The number of aromatic nitrogens is 2. The lowest BCUT2D eigenvalue weighted by molar-refractivity contribution is 0.0956. The average molecular weight is 246 g/mol. The van der Waals surface area contributed by atoms with Gasteiger partial charge in [0, 0.05) is 6.54 Å². The Kier molecular flexibility index (Phi) is 3.22. The number of hydrogen-bond donors (Lipinski definition) is 1. The molecule has 4 nitrogen and oxygen atoms in total. The number of aryl methyl sites for hydroxylation is 1. The van der Waals surface area contributed by atoms with Crippen LogP contribution in [0.1, 0.15) is 24.3 Å². The molecular formula is C8H12BrN3O. The van der Waals surface area contributed by atoms with E-state index in [-0.39, 0.29) is 5.78 Å². The van der Waals surface area contributed by atoms with Gasteiger partial charge in [-0.1, -0.05) is 0 Å². The molecule has 0 spiro atoms. The maximum absolute atomic E-state index is 11.6. The molecule has 0 fully saturated rings. The Hall–Kier alpha value is -0.680. The monoisotopic (exact) mass is 245 g/mol. The van der Waals surface area contributed by atoms with E-state index < -0.39 is 6.04 Å². The van der Waals surface area contributed by atoms with Crippen molar-refractivity contribution in [3.05, 3.63) is 16.4 Å². The maximum Gasteiger partial charge on any atom is 0.198 e. The molecule has 1 atom stereocenters. The van der Waals surface area contributed by atoms with Crippen LogP contribution in [-0.2, 0) is 6.54 Å². The van der Waals surface area contributed by atoms with Gasteiger partial charge in [-0.15, -0.1) is 0 Å². The third-order valence-corrected chi connectivity index (χ3v) is 2.32. The fourth-order valence-electron chi connectivity index (χ4n) is 1.06. The third-order valence-electron chi connectivity index (χ3n) is 1.74. The van der Waals surface area contributed by atoms with Gasteiger partial charge in [0.15, 0.2) is 5.78 Å². The smallest absolute Gasteiger partial charge is 0.198 e. The van der Waals surface area contributed by atoms with E-state index in [1.54, 1.807) is 17.8 Å². The maximum atomic E-state index is 11.6. The highest BCUT2D eigenvalue weighted by Crippen LogP contribution is 2.17. The van der Waals surface area contributed by atoms with Crippen molar-refractivity contribution in [3.63, 3.8) is 0 Å². The Balaban J connectivity index is 3.11. The van der Waals surface area contributed by atoms with Gasteiger partial charge in [-0.25, -0.2) is 0 Å². The number of rotatable bonds is 3. The fourth-order valence-corrected chi connectivity index (χ4v) is 1.55. The Bertz CT molecular complexity index is 319. The molecule has 72 valence electrons. The Labute approximate surface area is 85.2 Å². The number of hydrogen-bond acceptors (Lipinski definition) is 3. The van der Waals surface area contributed by atoms with Crippen LogP contribution in [0.5, 0.6) is 0 Å². The minimum absolute atomic E-state index is 0.0915. The molecule has 0 aliphatic heterocycles. The van der Waals surface area contributed by atoms with Crippen LogP contribution < -0.4 is 5.73 Å². The summed E-state index contributed by atoms with van der Waals surface area (Å²) >= 11 is 3.27. The summed E-state index contributed by atoms with van der Waals surface area (Å²) in [5.74, 6) is -0.0915. The van der Waals surface area contributed by atoms with Crippen LogP contribution in [-0.4, -0.2) is 21.6 Å². The zero-order chi connectivity index (χ0) is 10.0. The molecule has 0 aliphatic rings. The highest BCUT2D eigenvalue weighted by molar-refractivity contribution is 9.10. The number of Topliss-reactive ketones (excluding diaryl/α,β-unsaturated/α-hetero) is 1. The predicted molar refractivity (Wildman–Crippen MR) is 53.6 cm³/mol. The topological polar surface area (TPSA) is 60.9 Å². The first-order chi connectivity index (χ1) is 6.07. The van der Waals surface area contributed by atoms with E-state index in [2.05, 4.69) is 21.0 Å². The van der Waals surface area contributed by atoms with Gasteiger partial charge in [0.25, 0.3) is 0 Å². The molecule has 1 aromatic rings. The summed E-state index contributed by atoms with van der Waals surface area (Å²) in [4.78, 5) is 11.6. The zero-order valence-electron chi connectivity index (χ0n) is 7.62. The quantitative estimate of drug-likeness (QED) is 0.815. The molecule has 0 aliphatic carbocycles. The van der Waals surface area contributed by atoms with Crippen LogP contribution >= 0.6 is 15.9 Å². The molecule has 0 aromatic carbocycles. The van der Waals surface area contributed by atoms with Crippen LogP contribution in [0, 0.1) is 0 Å². The van der Waals surface area contributed by atoms with Gasteiger partial charge in [0.1, 0.15) is 5.69 Å². The number of halogens is 1. The van der Waals surface area contributed by atoms with Crippen molar-refractivity contribution in [1.82, 2.24) is 9.78 Å². The van der Waals surface area contributed by atoms with Crippen LogP contribution in [0.4, 0.5) is 0 Å². The second-order valence-electron chi connectivity index (χ2n) is 2.81. The summed E-state index contributed by atoms with van der Waals surface area (Å²) in [5.41, 5.74) is 6.06. The van der Waals surface area contributed by atoms with Crippen molar-refractivity contribution < 1.29 is 4.79 Å². The first-order valence-corrected chi connectivity index (χ1v) is 4.88. The van der Waals surface area contributed by atoms with E-state index in [0.29, 0.717) is 16.7 Å². The largest absolute Gasteiger partial charge is 0.321 e. The average Bonchev–Trinajstić information content (AvgIpc) is 2.45. The Morgan fingerprint density at radius 3 is 2.92 bits per heavy atom. The normalized spacial score (nSPS) is 12.9. The molecule has 0 amide bonds. The van der Waals surface area contributed by atoms with Crippen LogP contribution in [0.2, 0.25) is 0 Å². The molecular weight excluding hydrogens is 234 g/mol. The third kappa shape index (κ3) is 1.97. The lowest BCUT2D eigenvalue weighted by atomic mass is 10.2. The minimum Gasteiger partial charge on any atom is -0.321 e. The molecule has 0 bridgehead atoms. The fraction of sp³-hybridized carbons (Fsp3) is 0.500. The number of carbonyl (C=O) groups is 1. The van der Waals surface area contributed by atoms with Crippen molar-refractivity contribution >= 4 is 21.7 Å². The minimum atomic E-state index is -0.488. The van der Waals surface area contributed by atoms with E-state index in [9.17, 15) is 4.79 Å². The second kappa shape index (κ2) is 4.02. The molecule has 1 unspecified atom stereocenters. The van der Waals surface area contributed by atoms with Crippen LogP contribution in [0.3, 0.4) is 0 Å². The first kappa shape index (κ1) is 10.4. The number of nitrogens with two attached hydrogens (primary N) is 1. The summed E-state index contributed by atoms with van der Waals surface area (Å²) < 4.78 is 2.34. The lowest BCUT2D eigenvalue weighted by Crippen LogP contribution is -2.29. The second-order valence-corrected chi connectivity index (χ2v) is 3.66. The van der Waals surface area contributed by atoms with Crippen molar-refractivity contribution in [3.8, 4) is 0 Å². The standard InChI is InChI=1S/C8H12BrN3O/c1-3-12-7(6(9)4-11-12)8(13)5(2)10/h4-5H,3,10H2,1-2H3. The molecule has 1 aromatic heterocycles. The Morgan fingerprint density at radius 2 is 2.46 bits per heavy atom. The molecule has 0 saturated heterocycles. The SMILES string of the molecule is CCn1ncc(Br)c1C(=O)C(C)N. The lowest BCUT2D eigenvalue weighted by Gasteiger charge is -2.06. The molecule has 1 heterocycles. The summed E-state index contributed by atoms with van der Waals surface area (Å²) in [5, 5.41) is 4.03. The van der Waals surface area contributed by atoms with E-state index in [1.807, 2.05) is 6.92 Å². The van der Waals surface area contributed by atoms with Crippen molar-refractivity contribution in [2.24, 2.45) is 5.73 Å². The predicted octanol–water partition coefficient (Wildman–Crippen LogP) is 1.20. The Morgan fingerprint density at radius 1 is 1.85 bits per heavy atom. The molecule has 5 heteroatoms. The van der Waals surface area contributed by atoms with Crippen molar-refractivity contribution in [1.29, 1.82) is 0 Å². The van der Waals surface area contributed by atoms with Crippen molar-refractivity contribution in [2.45, 2.75) is 26.4 Å². The van der Waals surface area contributed by atoms with Gasteiger partial charge < -0.3 is 5.73 Å². The molecule has 13 heavy (non-hydrogen) atoms. The van der Waals surface area contributed by atoms with Crippen LogP contribution in [0.15, 0.2) is 10.7 Å². The first-order valence-electron chi connectivity index (χ1n) is 4.09. The van der Waals surface area contributed by atoms with Crippen LogP contribution in [0.25, 0.3) is 0 Å².